The number of nitrogens with one attached hydrogen (secondary N) is 1. The minimum absolute atomic E-state index is 0.0956. The Labute approximate surface area is 131 Å². The molecule has 4 nitrogen and oxygen atoms in total. The van der Waals surface area contributed by atoms with Crippen molar-refractivity contribution in [3.8, 4) is 5.75 Å². The van der Waals surface area contributed by atoms with E-state index >= 15 is 0 Å². The van der Waals surface area contributed by atoms with Crippen LogP contribution in [-0.2, 0) is 9.53 Å². The summed E-state index contributed by atoms with van der Waals surface area (Å²) >= 11 is 0. The molecule has 0 aliphatic heterocycles. The van der Waals surface area contributed by atoms with Crippen molar-refractivity contribution in [3.63, 3.8) is 0 Å². The highest BCUT2D eigenvalue weighted by Gasteiger charge is 2.13. The van der Waals surface area contributed by atoms with E-state index in [1.165, 1.54) is 31.4 Å². The van der Waals surface area contributed by atoms with Crippen LogP contribution in [0.5, 0.6) is 5.75 Å². The lowest BCUT2D eigenvalue weighted by molar-refractivity contribution is -0.123. The lowest BCUT2D eigenvalue weighted by Gasteiger charge is -2.21. The highest BCUT2D eigenvalue weighted by Crippen LogP contribution is 2.20. The Morgan fingerprint density at radius 3 is 2.77 bits per heavy atom. The first-order valence-electron chi connectivity index (χ1n) is 8.01. The molecule has 1 fully saturated rings. The maximum atomic E-state index is 13.3. The van der Waals surface area contributed by atoms with E-state index in [-0.39, 0.29) is 18.3 Å². The lowest BCUT2D eigenvalue weighted by atomic mass is 9.98. The zero-order valence-electron chi connectivity index (χ0n) is 12.9. The molecule has 1 saturated carbocycles. The third-order valence-electron chi connectivity index (χ3n) is 3.74. The van der Waals surface area contributed by atoms with E-state index in [4.69, 9.17) is 9.47 Å². The zero-order chi connectivity index (χ0) is 15.6. The number of hydrogen-bond acceptors (Lipinski definition) is 3. The van der Waals surface area contributed by atoms with E-state index in [0.717, 1.165) is 19.3 Å². The SMILES string of the molecule is O=C(COc1ccccc1F)NCCCOC1CCCCC1. The summed E-state index contributed by atoms with van der Waals surface area (Å²) in [5.74, 6) is -0.615. The molecule has 22 heavy (non-hydrogen) atoms. The molecule has 1 N–H and O–H groups in total. The topological polar surface area (TPSA) is 47.6 Å². The van der Waals surface area contributed by atoms with Crippen molar-refractivity contribution < 1.29 is 18.7 Å². The van der Waals surface area contributed by atoms with Crippen molar-refractivity contribution in [2.75, 3.05) is 19.8 Å². The Morgan fingerprint density at radius 1 is 1.23 bits per heavy atom. The van der Waals surface area contributed by atoms with Gasteiger partial charge in [-0.25, -0.2) is 4.39 Å². The average Bonchev–Trinajstić information content (AvgIpc) is 2.55. The molecule has 122 valence electrons. The Kier molecular flexibility index (Phi) is 7.16. The maximum Gasteiger partial charge on any atom is 0.257 e. The first-order chi connectivity index (χ1) is 10.8. The van der Waals surface area contributed by atoms with Crippen molar-refractivity contribution in [3.05, 3.63) is 30.1 Å². The normalized spacial score (nSPS) is 15.5. The molecule has 1 aromatic rings. The van der Waals surface area contributed by atoms with Crippen molar-refractivity contribution in [1.29, 1.82) is 0 Å². The van der Waals surface area contributed by atoms with Crippen LogP contribution in [0.15, 0.2) is 24.3 Å². The lowest BCUT2D eigenvalue weighted by Crippen LogP contribution is -2.30. The van der Waals surface area contributed by atoms with Crippen molar-refractivity contribution in [2.24, 2.45) is 0 Å². The fraction of sp³-hybridized carbons (Fsp3) is 0.588. The number of halogens is 1. The Balaban J connectivity index is 1.51. The molecule has 0 aromatic heterocycles. The first-order valence-corrected chi connectivity index (χ1v) is 8.01. The fourth-order valence-corrected chi connectivity index (χ4v) is 2.54. The molecular weight excluding hydrogens is 285 g/mol. The van der Waals surface area contributed by atoms with Gasteiger partial charge in [-0.3, -0.25) is 4.79 Å². The molecule has 0 bridgehead atoms. The predicted octanol–water partition coefficient (Wildman–Crippen LogP) is 3.06. The number of amides is 1. The molecule has 2 rings (SSSR count). The van der Waals surface area contributed by atoms with Crippen LogP contribution in [-0.4, -0.2) is 31.8 Å². The van der Waals surface area contributed by atoms with Crippen molar-refractivity contribution >= 4 is 5.91 Å². The minimum atomic E-state index is -0.462. The van der Waals surface area contributed by atoms with E-state index < -0.39 is 5.82 Å². The molecule has 0 spiro atoms. The molecule has 0 saturated heterocycles. The predicted molar refractivity (Wildman–Crippen MR) is 82.3 cm³/mol. The number of para-hydroxylation sites is 1. The second-order valence-electron chi connectivity index (χ2n) is 5.55. The maximum absolute atomic E-state index is 13.3. The number of hydrogen-bond donors (Lipinski definition) is 1. The number of carbonyl (C=O) groups is 1. The van der Waals surface area contributed by atoms with Crippen molar-refractivity contribution in [1.82, 2.24) is 5.32 Å². The smallest absolute Gasteiger partial charge is 0.257 e. The van der Waals surface area contributed by atoms with E-state index in [9.17, 15) is 9.18 Å². The van der Waals surface area contributed by atoms with Crippen LogP contribution in [0.25, 0.3) is 0 Å². The zero-order valence-corrected chi connectivity index (χ0v) is 12.9. The summed E-state index contributed by atoms with van der Waals surface area (Å²) in [7, 11) is 0. The van der Waals surface area contributed by atoms with Gasteiger partial charge < -0.3 is 14.8 Å². The van der Waals surface area contributed by atoms with Crippen molar-refractivity contribution in [2.45, 2.75) is 44.6 Å². The molecule has 0 radical (unpaired) electrons. The fourth-order valence-electron chi connectivity index (χ4n) is 2.54. The number of rotatable bonds is 8. The second kappa shape index (κ2) is 9.41. The summed E-state index contributed by atoms with van der Waals surface area (Å²) in [5.41, 5.74) is 0. The Bertz CT molecular complexity index is 461. The van der Waals surface area contributed by atoms with E-state index in [0.29, 0.717) is 19.3 Å². The minimum Gasteiger partial charge on any atom is -0.481 e. The van der Waals surface area contributed by atoms with Gasteiger partial charge in [-0.05, 0) is 31.4 Å². The Morgan fingerprint density at radius 2 is 2.00 bits per heavy atom. The summed E-state index contributed by atoms with van der Waals surface area (Å²) in [6.45, 7) is 1.04. The summed E-state index contributed by atoms with van der Waals surface area (Å²) in [5, 5.41) is 2.74. The van der Waals surface area contributed by atoms with Gasteiger partial charge in [0.1, 0.15) is 0 Å². The number of ether oxygens (including phenoxy) is 2. The first kappa shape index (κ1) is 16.7. The molecular formula is C17H24FNO3. The summed E-state index contributed by atoms with van der Waals surface area (Å²) < 4.78 is 24.2. The average molecular weight is 309 g/mol. The van der Waals surface area contributed by atoms with Crippen LogP contribution >= 0.6 is 0 Å². The largest absolute Gasteiger partial charge is 0.481 e. The summed E-state index contributed by atoms with van der Waals surface area (Å²) in [6, 6.07) is 6.05. The standard InChI is InChI=1S/C17H24FNO3/c18-15-9-4-5-10-16(15)22-13-17(20)19-11-6-12-21-14-7-2-1-3-8-14/h4-5,9-10,14H,1-3,6-8,11-13H2,(H,19,20). The van der Waals surface area contributed by atoms with Crippen LogP contribution in [0.2, 0.25) is 0 Å². The van der Waals surface area contributed by atoms with Gasteiger partial charge in [-0.1, -0.05) is 31.4 Å². The second-order valence-corrected chi connectivity index (χ2v) is 5.55. The molecule has 1 aromatic carbocycles. The monoisotopic (exact) mass is 309 g/mol. The Hall–Kier alpha value is -1.62. The van der Waals surface area contributed by atoms with Crippen LogP contribution in [0.3, 0.4) is 0 Å². The van der Waals surface area contributed by atoms with E-state index in [1.54, 1.807) is 12.1 Å². The summed E-state index contributed by atoms with van der Waals surface area (Å²) in [4.78, 5) is 11.6. The van der Waals surface area contributed by atoms with Gasteiger partial charge in [0, 0.05) is 13.2 Å². The van der Waals surface area contributed by atoms with E-state index in [2.05, 4.69) is 5.32 Å². The van der Waals surface area contributed by atoms with Gasteiger partial charge in [-0.15, -0.1) is 0 Å². The van der Waals surface area contributed by atoms with Crippen LogP contribution in [0.1, 0.15) is 38.5 Å². The van der Waals surface area contributed by atoms with Crippen LogP contribution in [0, 0.1) is 5.82 Å². The number of benzene rings is 1. The highest BCUT2D eigenvalue weighted by atomic mass is 19.1. The van der Waals surface area contributed by atoms with Crippen LogP contribution < -0.4 is 10.1 Å². The van der Waals surface area contributed by atoms with E-state index in [1.807, 2.05) is 0 Å². The molecule has 5 heteroatoms. The molecule has 0 unspecified atom stereocenters. The molecule has 1 aliphatic rings. The van der Waals surface area contributed by atoms with Gasteiger partial charge >= 0.3 is 0 Å². The van der Waals surface area contributed by atoms with Gasteiger partial charge in [0.15, 0.2) is 18.2 Å². The van der Waals surface area contributed by atoms with Crippen LogP contribution in [0.4, 0.5) is 4.39 Å². The molecule has 0 heterocycles. The third kappa shape index (κ3) is 6.02. The van der Waals surface area contributed by atoms with Gasteiger partial charge in [-0.2, -0.15) is 0 Å². The molecule has 0 atom stereocenters. The summed E-state index contributed by atoms with van der Waals surface area (Å²) in [6.07, 6.45) is 7.32. The molecule has 1 amide bonds. The van der Waals surface area contributed by atoms with Gasteiger partial charge in [0.05, 0.1) is 6.10 Å². The molecule has 1 aliphatic carbocycles. The third-order valence-corrected chi connectivity index (χ3v) is 3.74. The number of carbonyl (C=O) groups excluding carboxylic acids is 1. The van der Waals surface area contributed by atoms with Gasteiger partial charge in [0.2, 0.25) is 0 Å². The van der Waals surface area contributed by atoms with Gasteiger partial charge in [0.25, 0.3) is 5.91 Å². The quantitative estimate of drug-likeness (QED) is 0.751. The highest BCUT2D eigenvalue weighted by molar-refractivity contribution is 5.77.